The number of halogens is 1. The van der Waals surface area contributed by atoms with Crippen LogP contribution >= 0.6 is 11.6 Å². The van der Waals surface area contributed by atoms with E-state index in [0.29, 0.717) is 29.3 Å². The van der Waals surface area contributed by atoms with Crippen molar-refractivity contribution in [3.8, 4) is 0 Å². The molecule has 0 radical (unpaired) electrons. The molecule has 0 spiro atoms. The van der Waals surface area contributed by atoms with Crippen LogP contribution in [0, 0.1) is 6.92 Å². The maximum absolute atomic E-state index is 13.6. The number of benzene rings is 3. The third-order valence-electron chi connectivity index (χ3n) is 5.53. The summed E-state index contributed by atoms with van der Waals surface area (Å²) < 4.78 is 28.9. The maximum atomic E-state index is 13.6. The van der Waals surface area contributed by atoms with Crippen LogP contribution < -0.4 is 0 Å². The Kier molecular flexibility index (Phi) is 6.09. The van der Waals surface area contributed by atoms with Gasteiger partial charge in [0.25, 0.3) is 0 Å². The molecule has 5 heteroatoms. The topological polar surface area (TPSA) is 37.4 Å². The van der Waals surface area contributed by atoms with Crippen LogP contribution in [0.25, 0.3) is 5.57 Å². The smallest absolute Gasteiger partial charge is 0.207 e. The summed E-state index contributed by atoms with van der Waals surface area (Å²) in [5, 5.41) is 0.668. The van der Waals surface area contributed by atoms with Gasteiger partial charge in [0.05, 0.1) is 4.90 Å². The van der Waals surface area contributed by atoms with Gasteiger partial charge in [-0.15, -0.1) is 0 Å². The molecule has 0 amide bonds. The normalized spacial score (nSPS) is 17.5. The highest BCUT2D eigenvalue weighted by Crippen LogP contribution is 2.31. The molecule has 30 heavy (non-hydrogen) atoms. The van der Waals surface area contributed by atoms with Gasteiger partial charge >= 0.3 is 0 Å². The van der Waals surface area contributed by atoms with Gasteiger partial charge in [0.2, 0.25) is 10.0 Å². The Morgan fingerprint density at radius 1 is 0.933 bits per heavy atom. The molecule has 0 aromatic heterocycles. The molecular weight excluding hydrogens is 414 g/mol. The van der Waals surface area contributed by atoms with Gasteiger partial charge in [0.1, 0.15) is 0 Å². The fourth-order valence-electron chi connectivity index (χ4n) is 3.83. The van der Waals surface area contributed by atoms with Gasteiger partial charge < -0.3 is 0 Å². The molecule has 0 N–H and O–H groups in total. The van der Waals surface area contributed by atoms with Crippen LogP contribution in [-0.2, 0) is 16.4 Å². The highest BCUT2D eigenvalue weighted by Gasteiger charge is 2.34. The molecule has 1 heterocycles. The maximum Gasteiger partial charge on any atom is 0.243 e. The van der Waals surface area contributed by atoms with Gasteiger partial charge in [0.15, 0.2) is 0 Å². The summed E-state index contributed by atoms with van der Waals surface area (Å²) in [6, 6.07) is 24.6. The van der Waals surface area contributed by atoms with Crippen molar-refractivity contribution in [2.45, 2.75) is 30.7 Å². The average molecular weight is 438 g/mol. The van der Waals surface area contributed by atoms with Gasteiger partial charge in [-0.05, 0) is 60.7 Å². The summed E-state index contributed by atoms with van der Waals surface area (Å²) >= 11 is 6.03. The van der Waals surface area contributed by atoms with Crippen molar-refractivity contribution in [2.24, 2.45) is 0 Å². The van der Waals surface area contributed by atoms with Crippen molar-refractivity contribution < 1.29 is 8.42 Å². The van der Waals surface area contributed by atoms with Crippen LogP contribution in [-0.4, -0.2) is 25.3 Å². The van der Waals surface area contributed by atoms with Gasteiger partial charge in [-0.1, -0.05) is 77.8 Å². The van der Waals surface area contributed by atoms with Crippen LogP contribution in [0.15, 0.2) is 89.8 Å². The molecule has 3 aromatic carbocycles. The Labute approximate surface area is 183 Å². The number of hydrogen-bond donors (Lipinski definition) is 0. The number of sulfonamides is 1. The monoisotopic (exact) mass is 437 g/mol. The van der Waals surface area contributed by atoms with E-state index in [-0.39, 0.29) is 6.04 Å². The Bertz CT molecular complexity index is 1140. The minimum atomic E-state index is -3.63. The molecule has 3 aromatic rings. The van der Waals surface area contributed by atoms with Crippen LogP contribution in [0.4, 0.5) is 0 Å². The van der Waals surface area contributed by atoms with Gasteiger partial charge in [-0.2, -0.15) is 4.31 Å². The van der Waals surface area contributed by atoms with Crippen LogP contribution in [0.3, 0.4) is 0 Å². The van der Waals surface area contributed by atoms with Crippen molar-refractivity contribution in [1.29, 1.82) is 0 Å². The minimum absolute atomic E-state index is 0.130. The van der Waals surface area contributed by atoms with E-state index < -0.39 is 10.0 Å². The molecule has 3 nitrogen and oxygen atoms in total. The first kappa shape index (κ1) is 20.9. The Morgan fingerprint density at radius 2 is 1.60 bits per heavy atom. The molecule has 1 atom stereocenters. The van der Waals surface area contributed by atoms with E-state index in [1.54, 1.807) is 16.4 Å². The summed E-state index contributed by atoms with van der Waals surface area (Å²) in [4.78, 5) is 0.337. The third kappa shape index (κ3) is 4.51. The van der Waals surface area contributed by atoms with E-state index in [9.17, 15) is 8.42 Å². The number of hydrogen-bond acceptors (Lipinski definition) is 2. The molecule has 0 aliphatic carbocycles. The highest BCUT2D eigenvalue weighted by molar-refractivity contribution is 7.89. The second-order valence-electron chi connectivity index (χ2n) is 7.68. The zero-order chi connectivity index (χ0) is 21.1. The lowest BCUT2D eigenvalue weighted by Crippen LogP contribution is -2.44. The molecule has 0 fully saturated rings. The first-order valence-corrected chi connectivity index (χ1v) is 11.8. The molecule has 0 bridgehead atoms. The lowest BCUT2D eigenvalue weighted by molar-refractivity contribution is 0.335. The summed E-state index contributed by atoms with van der Waals surface area (Å²) in [5.41, 5.74) is 4.18. The first-order valence-electron chi connectivity index (χ1n) is 10.0. The number of aryl methyl sites for hydroxylation is 1. The van der Waals surface area contributed by atoms with E-state index >= 15 is 0 Å². The van der Waals surface area contributed by atoms with Crippen LogP contribution in [0.5, 0.6) is 0 Å². The molecule has 4 rings (SSSR count). The Balaban J connectivity index is 1.70. The number of nitrogens with zero attached hydrogens (tertiary/aromatic N) is 1. The largest absolute Gasteiger partial charge is 0.243 e. The van der Waals surface area contributed by atoms with Crippen LogP contribution in [0.2, 0.25) is 5.02 Å². The highest BCUT2D eigenvalue weighted by atomic mass is 35.5. The van der Waals surface area contributed by atoms with Crippen molar-refractivity contribution in [1.82, 2.24) is 4.31 Å². The molecule has 1 aliphatic rings. The summed E-state index contributed by atoms with van der Waals surface area (Å²) in [5.74, 6) is 0. The zero-order valence-corrected chi connectivity index (χ0v) is 18.4. The SMILES string of the molecule is Cc1ccc(S(=O)(=O)N2CC(c3ccc(Cl)cc3)=CCC2Cc2ccccc2)cc1. The van der Waals surface area contributed by atoms with E-state index in [2.05, 4.69) is 18.2 Å². The predicted octanol–water partition coefficient (Wildman–Crippen LogP) is 5.74. The molecule has 1 aliphatic heterocycles. The minimum Gasteiger partial charge on any atom is -0.207 e. The van der Waals surface area contributed by atoms with Crippen molar-refractivity contribution in [2.75, 3.05) is 6.54 Å². The van der Waals surface area contributed by atoms with Crippen molar-refractivity contribution in [3.05, 3.63) is 107 Å². The zero-order valence-electron chi connectivity index (χ0n) is 16.8. The lowest BCUT2D eigenvalue weighted by Gasteiger charge is -2.35. The quantitative estimate of drug-likeness (QED) is 0.510. The van der Waals surface area contributed by atoms with Crippen LogP contribution in [0.1, 0.15) is 23.1 Å². The summed E-state index contributed by atoms with van der Waals surface area (Å²) in [7, 11) is -3.63. The third-order valence-corrected chi connectivity index (χ3v) is 7.69. The van der Waals surface area contributed by atoms with Gasteiger partial charge in [-0.3, -0.25) is 0 Å². The van der Waals surface area contributed by atoms with E-state index in [4.69, 9.17) is 11.6 Å². The van der Waals surface area contributed by atoms with Gasteiger partial charge in [-0.25, -0.2) is 8.42 Å². The fraction of sp³-hybridized carbons (Fsp3) is 0.200. The second kappa shape index (κ2) is 8.76. The Hall–Kier alpha value is -2.40. The van der Waals surface area contributed by atoms with Gasteiger partial charge in [0, 0.05) is 17.6 Å². The molecule has 0 saturated carbocycles. The van der Waals surface area contributed by atoms with E-state index in [0.717, 1.165) is 22.3 Å². The average Bonchev–Trinajstić information content (AvgIpc) is 2.75. The predicted molar refractivity (Wildman–Crippen MR) is 123 cm³/mol. The fourth-order valence-corrected chi connectivity index (χ4v) is 5.57. The molecule has 0 saturated heterocycles. The van der Waals surface area contributed by atoms with E-state index in [1.807, 2.05) is 61.5 Å². The van der Waals surface area contributed by atoms with Crippen molar-refractivity contribution in [3.63, 3.8) is 0 Å². The summed E-state index contributed by atoms with van der Waals surface area (Å²) in [6.45, 7) is 2.30. The van der Waals surface area contributed by atoms with Crippen molar-refractivity contribution >= 4 is 27.2 Å². The molecule has 154 valence electrons. The molecule has 1 unspecified atom stereocenters. The second-order valence-corrected chi connectivity index (χ2v) is 10.0. The molecular formula is C25H24ClNO2S. The lowest BCUT2D eigenvalue weighted by atomic mass is 9.95. The standard InChI is InChI=1S/C25H24ClNO2S/c1-19-7-15-25(16-8-19)30(28,29)27-18-22(21-9-12-23(26)13-10-21)11-14-24(27)17-20-5-3-2-4-6-20/h2-13,15-16,24H,14,17-18H2,1H3. The van der Waals surface area contributed by atoms with E-state index in [1.165, 1.54) is 0 Å². The number of rotatable bonds is 5. The first-order chi connectivity index (χ1) is 14.4. The Morgan fingerprint density at radius 3 is 2.27 bits per heavy atom. The summed E-state index contributed by atoms with van der Waals surface area (Å²) in [6.07, 6.45) is 3.51.